The second-order valence-electron chi connectivity index (χ2n) is 8.69. The summed E-state index contributed by atoms with van der Waals surface area (Å²) in [5, 5.41) is 4.42. The zero-order valence-corrected chi connectivity index (χ0v) is 21.9. The Balaban J connectivity index is 0.00000342. The van der Waals surface area contributed by atoms with Gasteiger partial charge < -0.3 is 9.64 Å². The van der Waals surface area contributed by atoms with Gasteiger partial charge in [-0.2, -0.15) is 0 Å². The van der Waals surface area contributed by atoms with Crippen LogP contribution in [0.25, 0.3) is 0 Å². The molecule has 186 valence electrons. The maximum Gasteiger partial charge on any atom is 0.242 e. The highest BCUT2D eigenvalue weighted by Crippen LogP contribution is 2.28. The van der Waals surface area contributed by atoms with Gasteiger partial charge >= 0.3 is 0 Å². The SMILES string of the molecule is Cl.O=C([C@H](COCc1ccccc1)NCc1ccc(Cl)c(Cl)c1)N1CCC(c2ccccc2)CC1. The molecule has 4 nitrogen and oxygen atoms in total. The number of nitrogens with zero attached hydrogens (tertiary/aromatic N) is 1. The molecule has 1 saturated heterocycles. The van der Waals surface area contributed by atoms with Crippen LogP contribution in [0.5, 0.6) is 0 Å². The van der Waals surface area contributed by atoms with Crippen LogP contribution in [0.4, 0.5) is 0 Å². The van der Waals surface area contributed by atoms with Crippen LogP contribution in [0.3, 0.4) is 0 Å². The molecule has 0 aromatic heterocycles. The van der Waals surface area contributed by atoms with Gasteiger partial charge in [0.25, 0.3) is 0 Å². The van der Waals surface area contributed by atoms with Crippen LogP contribution >= 0.6 is 35.6 Å². The summed E-state index contributed by atoms with van der Waals surface area (Å²) in [7, 11) is 0. The highest BCUT2D eigenvalue weighted by atomic mass is 35.5. The van der Waals surface area contributed by atoms with Gasteiger partial charge in [0.1, 0.15) is 6.04 Å². The van der Waals surface area contributed by atoms with Crippen molar-refractivity contribution in [1.29, 1.82) is 0 Å². The molecule has 1 fully saturated rings. The number of nitrogens with one attached hydrogen (secondary N) is 1. The molecule has 0 saturated carbocycles. The lowest BCUT2D eigenvalue weighted by Gasteiger charge is -2.34. The molecule has 7 heteroatoms. The van der Waals surface area contributed by atoms with Crippen LogP contribution in [0, 0.1) is 0 Å². The summed E-state index contributed by atoms with van der Waals surface area (Å²) in [6.45, 7) is 2.77. The third-order valence-electron chi connectivity index (χ3n) is 6.31. The maximum absolute atomic E-state index is 13.5. The van der Waals surface area contributed by atoms with E-state index in [-0.39, 0.29) is 18.3 Å². The van der Waals surface area contributed by atoms with Gasteiger partial charge in [-0.05, 0) is 47.6 Å². The predicted octanol–water partition coefficient (Wildman–Crippen LogP) is 6.50. The molecule has 1 heterocycles. The molecule has 4 rings (SSSR count). The molecule has 0 unspecified atom stereocenters. The van der Waals surface area contributed by atoms with Gasteiger partial charge in [-0.1, -0.05) is 89.9 Å². The van der Waals surface area contributed by atoms with Gasteiger partial charge in [0.15, 0.2) is 0 Å². The summed E-state index contributed by atoms with van der Waals surface area (Å²) in [6, 6.07) is 25.7. The number of carbonyl (C=O) groups excluding carboxylic acids is 1. The molecule has 1 aliphatic rings. The number of piperidine rings is 1. The molecule has 3 aromatic carbocycles. The molecule has 3 aromatic rings. The van der Waals surface area contributed by atoms with Crippen LogP contribution in [0.2, 0.25) is 10.0 Å². The molecule has 1 amide bonds. The molecule has 0 spiro atoms. The molecule has 35 heavy (non-hydrogen) atoms. The van der Waals surface area contributed by atoms with Crippen molar-refractivity contribution in [3.05, 3.63) is 106 Å². The van der Waals surface area contributed by atoms with E-state index in [1.165, 1.54) is 5.56 Å². The number of rotatable bonds is 9. The number of hydrogen-bond donors (Lipinski definition) is 1. The summed E-state index contributed by atoms with van der Waals surface area (Å²) in [5.41, 5.74) is 3.41. The van der Waals surface area contributed by atoms with E-state index in [0.29, 0.717) is 35.7 Å². The van der Waals surface area contributed by atoms with Crippen molar-refractivity contribution in [2.75, 3.05) is 19.7 Å². The Morgan fingerprint density at radius 3 is 2.23 bits per heavy atom. The fourth-order valence-corrected chi connectivity index (χ4v) is 4.68. The first kappa shape index (κ1) is 27.5. The van der Waals surface area contributed by atoms with Gasteiger partial charge in [-0.25, -0.2) is 0 Å². The average Bonchev–Trinajstić information content (AvgIpc) is 2.89. The lowest BCUT2D eigenvalue weighted by Crippen LogP contribution is -2.50. The topological polar surface area (TPSA) is 41.6 Å². The quantitative estimate of drug-likeness (QED) is 0.341. The minimum atomic E-state index is -0.438. The van der Waals surface area contributed by atoms with Crippen molar-refractivity contribution < 1.29 is 9.53 Å². The summed E-state index contributed by atoms with van der Waals surface area (Å²) in [4.78, 5) is 15.4. The second-order valence-corrected chi connectivity index (χ2v) is 9.51. The first-order valence-corrected chi connectivity index (χ1v) is 12.5. The van der Waals surface area contributed by atoms with Gasteiger partial charge in [-0.3, -0.25) is 10.1 Å². The van der Waals surface area contributed by atoms with E-state index in [2.05, 4.69) is 29.6 Å². The van der Waals surface area contributed by atoms with E-state index in [0.717, 1.165) is 37.1 Å². The van der Waals surface area contributed by atoms with E-state index in [4.69, 9.17) is 27.9 Å². The molecule has 1 atom stereocenters. The van der Waals surface area contributed by atoms with Crippen molar-refractivity contribution in [1.82, 2.24) is 10.2 Å². The normalized spacial score (nSPS) is 14.9. The highest BCUT2D eigenvalue weighted by molar-refractivity contribution is 6.42. The Morgan fingerprint density at radius 1 is 0.914 bits per heavy atom. The Kier molecular flexibility index (Phi) is 10.9. The summed E-state index contributed by atoms with van der Waals surface area (Å²) < 4.78 is 5.96. The fourth-order valence-electron chi connectivity index (χ4n) is 4.36. The van der Waals surface area contributed by atoms with E-state index in [9.17, 15) is 4.79 Å². The number of benzene rings is 3. The molecule has 0 bridgehead atoms. The summed E-state index contributed by atoms with van der Waals surface area (Å²) in [5.74, 6) is 0.585. The molecule has 0 radical (unpaired) electrons. The van der Waals surface area contributed by atoms with Crippen LogP contribution in [0.15, 0.2) is 78.9 Å². The number of carbonyl (C=O) groups is 1. The number of ether oxygens (including phenoxy) is 1. The first-order valence-electron chi connectivity index (χ1n) is 11.7. The van der Waals surface area contributed by atoms with Gasteiger partial charge in [0.2, 0.25) is 5.91 Å². The Morgan fingerprint density at radius 2 is 1.57 bits per heavy atom. The molecule has 0 aliphatic carbocycles. The van der Waals surface area contributed by atoms with Gasteiger partial charge in [0, 0.05) is 19.6 Å². The number of halogens is 3. The minimum absolute atomic E-state index is 0. The Hall–Kier alpha value is -2.08. The highest BCUT2D eigenvalue weighted by Gasteiger charge is 2.29. The average molecular weight is 534 g/mol. The number of amides is 1. The molecule has 1 N–H and O–H groups in total. The van der Waals surface area contributed by atoms with E-state index in [1.807, 2.05) is 53.4 Å². The van der Waals surface area contributed by atoms with Crippen LogP contribution < -0.4 is 5.32 Å². The summed E-state index contributed by atoms with van der Waals surface area (Å²) >= 11 is 12.2. The van der Waals surface area contributed by atoms with Crippen LogP contribution in [0.1, 0.15) is 35.4 Å². The Labute approximate surface area is 224 Å². The van der Waals surface area contributed by atoms with E-state index in [1.54, 1.807) is 6.07 Å². The monoisotopic (exact) mass is 532 g/mol. The Bertz CT molecular complexity index is 1060. The maximum atomic E-state index is 13.5. The molecular formula is C28H31Cl3N2O2. The van der Waals surface area contributed by atoms with Crippen molar-refractivity contribution in [3.8, 4) is 0 Å². The van der Waals surface area contributed by atoms with E-state index >= 15 is 0 Å². The third-order valence-corrected chi connectivity index (χ3v) is 7.05. The lowest BCUT2D eigenvalue weighted by atomic mass is 9.89. The predicted molar refractivity (Wildman–Crippen MR) is 145 cm³/mol. The van der Waals surface area contributed by atoms with Crippen LogP contribution in [-0.2, 0) is 22.7 Å². The lowest BCUT2D eigenvalue weighted by molar-refractivity contribution is -0.136. The largest absolute Gasteiger partial charge is 0.375 e. The van der Waals surface area contributed by atoms with Crippen LogP contribution in [-0.4, -0.2) is 36.5 Å². The standard InChI is InChI=1S/C28H30Cl2N2O2.ClH/c29-25-12-11-22(17-26(25)30)18-31-27(20-34-19-21-7-3-1-4-8-21)28(33)32-15-13-24(14-16-32)23-9-5-2-6-10-23;/h1-12,17,24,27,31H,13-16,18-20H2;1H/t27-;/m0./s1. The number of likely N-dealkylation sites (tertiary alicyclic amines) is 1. The zero-order chi connectivity index (χ0) is 23.8. The zero-order valence-electron chi connectivity index (χ0n) is 19.5. The smallest absolute Gasteiger partial charge is 0.242 e. The third kappa shape index (κ3) is 7.96. The van der Waals surface area contributed by atoms with Crippen molar-refractivity contribution in [2.24, 2.45) is 0 Å². The fraction of sp³-hybridized carbons (Fsp3) is 0.321. The van der Waals surface area contributed by atoms with Crippen molar-refractivity contribution >= 4 is 41.5 Å². The molecular weight excluding hydrogens is 503 g/mol. The van der Waals surface area contributed by atoms with Crippen molar-refractivity contribution in [2.45, 2.75) is 38.0 Å². The van der Waals surface area contributed by atoms with Gasteiger partial charge in [0.05, 0.1) is 23.3 Å². The van der Waals surface area contributed by atoms with Crippen molar-refractivity contribution in [3.63, 3.8) is 0 Å². The minimum Gasteiger partial charge on any atom is -0.375 e. The number of hydrogen-bond acceptors (Lipinski definition) is 3. The summed E-state index contributed by atoms with van der Waals surface area (Å²) in [6.07, 6.45) is 1.94. The second kappa shape index (κ2) is 13.9. The van der Waals surface area contributed by atoms with E-state index < -0.39 is 6.04 Å². The van der Waals surface area contributed by atoms with Gasteiger partial charge in [-0.15, -0.1) is 12.4 Å². The first-order chi connectivity index (χ1) is 16.6. The molecule has 1 aliphatic heterocycles.